The molecule has 0 heterocycles. The van der Waals surface area contributed by atoms with Crippen LogP contribution in [0.3, 0.4) is 0 Å². The fraction of sp³-hybridized carbons (Fsp3) is 0.556. The van der Waals surface area contributed by atoms with E-state index in [0.29, 0.717) is 19.3 Å². The molecule has 6 heteroatoms. The number of allylic oxidation sites excluding steroid dienone is 4. The zero-order chi connectivity index (χ0) is 23.8. The third-order valence-electron chi connectivity index (χ3n) is 6.65. The number of esters is 1. The molecule has 0 radical (unpaired) electrons. The first-order chi connectivity index (χ1) is 15.9. The number of fused-ring (bicyclic) bond motifs is 1. The van der Waals surface area contributed by atoms with Gasteiger partial charge >= 0.3 is 5.97 Å². The Morgan fingerprint density at radius 1 is 1.18 bits per heavy atom. The molecule has 0 N–H and O–H groups in total. The highest BCUT2D eigenvalue weighted by Crippen LogP contribution is 2.41. The molecule has 4 nitrogen and oxygen atoms in total. The first kappa shape index (κ1) is 25.8. The standard InChI is InChI=1S/C27H36FO4P/c1-18(2)31-27(30)12-6-4-3-5-11-23-22(24(28)17-26(23)32-33)13-14-25(29)21-15-19-9-7-8-10-20(19)16-21/h3,5,7-10,13-14,18,21-24,26H,4,6,11-12,15-17,33H2,1-2H3/b5-3-,14-13+/t22-,23-,24?,26?/m1/s1. The second kappa shape index (κ2) is 12.6. The lowest BCUT2D eigenvalue weighted by molar-refractivity contribution is -0.147. The average Bonchev–Trinajstić information content (AvgIpc) is 3.34. The zero-order valence-corrected chi connectivity index (χ0v) is 20.8. The van der Waals surface area contributed by atoms with Crippen LogP contribution in [0.1, 0.15) is 57.1 Å². The van der Waals surface area contributed by atoms with Gasteiger partial charge in [-0.05, 0) is 69.1 Å². The van der Waals surface area contributed by atoms with Gasteiger partial charge in [-0.15, -0.1) is 0 Å². The molecule has 1 fully saturated rings. The van der Waals surface area contributed by atoms with E-state index in [4.69, 9.17) is 9.26 Å². The third-order valence-corrected chi connectivity index (χ3v) is 7.00. The van der Waals surface area contributed by atoms with Gasteiger partial charge in [0.2, 0.25) is 0 Å². The Morgan fingerprint density at radius 3 is 2.52 bits per heavy atom. The number of benzene rings is 1. The predicted octanol–water partition coefficient (Wildman–Crippen LogP) is 5.74. The van der Waals surface area contributed by atoms with E-state index in [1.807, 2.05) is 38.1 Å². The maximum absolute atomic E-state index is 14.8. The maximum Gasteiger partial charge on any atom is 0.306 e. The van der Waals surface area contributed by atoms with Crippen molar-refractivity contribution in [2.75, 3.05) is 0 Å². The molecule has 0 saturated heterocycles. The van der Waals surface area contributed by atoms with Gasteiger partial charge in [0, 0.05) is 34.1 Å². The van der Waals surface area contributed by atoms with E-state index < -0.39 is 6.17 Å². The lowest BCUT2D eigenvalue weighted by atomic mass is 9.89. The molecule has 3 rings (SSSR count). The molecular weight excluding hydrogens is 438 g/mol. The lowest BCUT2D eigenvalue weighted by Crippen LogP contribution is -2.20. The van der Waals surface area contributed by atoms with Crippen molar-refractivity contribution in [3.8, 4) is 0 Å². The van der Waals surface area contributed by atoms with Crippen molar-refractivity contribution in [3.05, 3.63) is 59.7 Å². The van der Waals surface area contributed by atoms with Gasteiger partial charge in [0.1, 0.15) is 6.17 Å². The molecule has 0 aliphatic heterocycles. The van der Waals surface area contributed by atoms with Crippen molar-refractivity contribution in [1.29, 1.82) is 0 Å². The van der Waals surface area contributed by atoms with Crippen LogP contribution in [0.5, 0.6) is 0 Å². The molecule has 1 saturated carbocycles. The molecule has 2 aliphatic rings. The third kappa shape index (κ3) is 7.32. The summed E-state index contributed by atoms with van der Waals surface area (Å²) in [6.07, 6.45) is 10.6. The van der Waals surface area contributed by atoms with Crippen LogP contribution in [-0.4, -0.2) is 30.1 Å². The van der Waals surface area contributed by atoms with Crippen molar-refractivity contribution >= 4 is 21.2 Å². The van der Waals surface area contributed by atoms with E-state index >= 15 is 0 Å². The SMILES string of the molecule is CC(C)OC(=O)CCC/C=C\C[C@H]1C(OP)CC(F)[C@@H]1/C=C/C(=O)C1Cc2ccccc2C1. The van der Waals surface area contributed by atoms with Gasteiger partial charge in [-0.3, -0.25) is 9.59 Å². The number of halogens is 1. The van der Waals surface area contributed by atoms with Crippen molar-refractivity contribution in [3.63, 3.8) is 0 Å². The summed E-state index contributed by atoms with van der Waals surface area (Å²) in [4.78, 5) is 24.4. The molecule has 2 aliphatic carbocycles. The van der Waals surface area contributed by atoms with Crippen molar-refractivity contribution in [1.82, 2.24) is 0 Å². The summed E-state index contributed by atoms with van der Waals surface area (Å²) in [5.74, 6) is -0.506. The largest absolute Gasteiger partial charge is 0.463 e. The second-order valence-corrected chi connectivity index (χ2v) is 9.71. The van der Waals surface area contributed by atoms with Gasteiger partial charge in [0.05, 0.1) is 12.2 Å². The maximum atomic E-state index is 14.8. The van der Waals surface area contributed by atoms with Crippen molar-refractivity contribution < 1.29 is 23.2 Å². The fourth-order valence-corrected chi connectivity index (χ4v) is 5.27. The average molecular weight is 475 g/mol. The molecule has 0 aromatic heterocycles. The van der Waals surface area contributed by atoms with Crippen LogP contribution >= 0.6 is 9.47 Å². The number of hydrogen-bond acceptors (Lipinski definition) is 4. The first-order valence-electron chi connectivity index (χ1n) is 12.0. The molecule has 1 aromatic carbocycles. The van der Waals surface area contributed by atoms with Crippen LogP contribution in [0.4, 0.5) is 4.39 Å². The number of ether oxygens (including phenoxy) is 1. The molecule has 0 bridgehead atoms. The molecule has 180 valence electrons. The van der Waals surface area contributed by atoms with Crippen LogP contribution < -0.4 is 0 Å². The number of carbonyl (C=O) groups is 2. The number of rotatable bonds is 11. The minimum atomic E-state index is -1.02. The summed E-state index contributed by atoms with van der Waals surface area (Å²) in [5, 5.41) is 0. The van der Waals surface area contributed by atoms with Crippen LogP contribution in [0.2, 0.25) is 0 Å². The van der Waals surface area contributed by atoms with Crippen molar-refractivity contribution in [2.24, 2.45) is 17.8 Å². The van der Waals surface area contributed by atoms with E-state index in [0.717, 1.165) is 25.7 Å². The highest BCUT2D eigenvalue weighted by molar-refractivity contribution is 7.09. The zero-order valence-electron chi connectivity index (χ0n) is 19.6. The highest BCUT2D eigenvalue weighted by Gasteiger charge is 2.42. The summed E-state index contributed by atoms with van der Waals surface area (Å²) in [6, 6.07) is 8.17. The minimum Gasteiger partial charge on any atom is -0.463 e. The number of ketones is 1. The quantitative estimate of drug-likeness (QED) is 0.135. The molecule has 5 atom stereocenters. The van der Waals surface area contributed by atoms with E-state index in [1.165, 1.54) is 11.1 Å². The van der Waals surface area contributed by atoms with Crippen LogP contribution in [0.25, 0.3) is 0 Å². The molecule has 3 unspecified atom stereocenters. The van der Waals surface area contributed by atoms with Gasteiger partial charge in [0.25, 0.3) is 0 Å². The molecule has 1 aromatic rings. The summed E-state index contributed by atoms with van der Waals surface area (Å²) in [7, 11) is 2.26. The van der Waals surface area contributed by atoms with Crippen LogP contribution in [0.15, 0.2) is 48.6 Å². The minimum absolute atomic E-state index is 0.0236. The molecule has 0 amide bonds. The van der Waals surface area contributed by atoms with Gasteiger partial charge < -0.3 is 9.26 Å². The number of carbonyl (C=O) groups excluding carboxylic acids is 2. The fourth-order valence-electron chi connectivity index (χ4n) is 4.96. The summed E-state index contributed by atoms with van der Waals surface area (Å²) < 4.78 is 25.4. The Labute approximate surface area is 199 Å². The van der Waals surface area contributed by atoms with Gasteiger partial charge in [-0.25, -0.2) is 4.39 Å². The first-order valence-corrected chi connectivity index (χ1v) is 12.5. The number of alkyl halides is 1. The van der Waals surface area contributed by atoms with E-state index in [9.17, 15) is 14.0 Å². The number of hydrogen-bond donors (Lipinski definition) is 0. The Bertz CT molecular complexity index is 840. The van der Waals surface area contributed by atoms with Gasteiger partial charge in [-0.1, -0.05) is 42.5 Å². The summed E-state index contributed by atoms with van der Waals surface area (Å²) in [5.41, 5.74) is 2.48. The highest BCUT2D eigenvalue weighted by atomic mass is 31.0. The lowest BCUT2D eigenvalue weighted by Gasteiger charge is -2.20. The van der Waals surface area contributed by atoms with Crippen molar-refractivity contribution in [2.45, 2.75) is 77.2 Å². The summed E-state index contributed by atoms with van der Waals surface area (Å²) >= 11 is 0. The Morgan fingerprint density at radius 2 is 1.88 bits per heavy atom. The molecular formula is C27H36FO4P. The Balaban J connectivity index is 1.51. The predicted molar refractivity (Wildman–Crippen MR) is 131 cm³/mol. The van der Waals surface area contributed by atoms with E-state index in [-0.39, 0.29) is 41.7 Å². The normalized spacial score (nSPS) is 25.4. The topological polar surface area (TPSA) is 52.6 Å². The molecule has 0 spiro atoms. The van der Waals surface area contributed by atoms with E-state index in [1.54, 1.807) is 12.2 Å². The monoisotopic (exact) mass is 474 g/mol. The smallest absolute Gasteiger partial charge is 0.306 e. The van der Waals surface area contributed by atoms with Gasteiger partial charge in [0.15, 0.2) is 5.78 Å². The Hall–Kier alpha value is -1.84. The van der Waals surface area contributed by atoms with E-state index in [2.05, 4.69) is 21.6 Å². The van der Waals surface area contributed by atoms with Crippen LogP contribution in [0, 0.1) is 17.8 Å². The molecule has 33 heavy (non-hydrogen) atoms. The summed E-state index contributed by atoms with van der Waals surface area (Å²) in [6.45, 7) is 3.68. The van der Waals surface area contributed by atoms with Crippen LogP contribution in [-0.2, 0) is 31.7 Å². The number of unbranched alkanes of at least 4 members (excludes halogenated alkanes) is 1. The Kier molecular flexibility index (Phi) is 9.82. The van der Waals surface area contributed by atoms with Gasteiger partial charge in [-0.2, -0.15) is 0 Å². The second-order valence-electron chi connectivity index (χ2n) is 9.44.